The molecule has 0 saturated heterocycles. The van der Waals surface area contributed by atoms with Gasteiger partial charge < -0.3 is 14.6 Å². The average Bonchev–Trinajstić information content (AvgIpc) is 2.96. The van der Waals surface area contributed by atoms with Crippen LogP contribution in [-0.4, -0.2) is 18.7 Å². The average molecular weight is 272 g/mol. The molecule has 108 valence electrons. The van der Waals surface area contributed by atoms with Gasteiger partial charge in [-0.15, -0.1) is 0 Å². The van der Waals surface area contributed by atoms with E-state index in [1.165, 1.54) is 11.1 Å². The van der Waals surface area contributed by atoms with Gasteiger partial charge in [0.2, 0.25) is 0 Å². The van der Waals surface area contributed by atoms with Gasteiger partial charge in [-0.2, -0.15) is 0 Å². The second-order valence-corrected chi connectivity index (χ2v) is 5.03. The lowest BCUT2D eigenvalue weighted by molar-refractivity contribution is 0.414. The summed E-state index contributed by atoms with van der Waals surface area (Å²) < 4.78 is 7.44. The Labute approximate surface area is 121 Å². The molecule has 0 bridgehead atoms. The Morgan fingerprint density at radius 1 is 1.20 bits per heavy atom. The van der Waals surface area contributed by atoms with E-state index in [-0.39, 0.29) is 0 Å². The van der Waals surface area contributed by atoms with Crippen LogP contribution in [0.2, 0.25) is 0 Å². The number of aryl methyl sites for hydroxylation is 2. The van der Waals surface area contributed by atoms with E-state index in [1.807, 2.05) is 19.2 Å². The Morgan fingerprint density at radius 2 is 1.95 bits per heavy atom. The monoisotopic (exact) mass is 272 g/mol. The van der Waals surface area contributed by atoms with E-state index < -0.39 is 0 Å². The fourth-order valence-corrected chi connectivity index (χ4v) is 2.46. The number of ether oxygens (including phenoxy) is 1. The van der Waals surface area contributed by atoms with Crippen LogP contribution in [0.3, 0.4) is 0 Å². The Kier molecular flexibility index (Phi) is 5.24. The zero-order valence-corrected chi connectivity index (χ0v) is 12.6. The Balaban J connectivity index is 1.93. The van der Waals surface area contributed by atoms with Crippen LogP contribution < -0.4 is 10.1 Å². The first-order chi connectivity index (χ1) is 9.76. The molecule has 1 aromatic carbocycles. The van der Waals surface area contributed by atoms with Gasteiger partial charge in [-0.3, -0.25) is 0 Å². The molecule has 2 aromatic rings. The van der Waals surface area contributed by atoms with Crippen molar-refractivity contribution in [1.82, 2.24) is 9.88 Å². The lowest BCUT2D eigenvalue weighted by Crippen LogP contribution is -2.14. The van der Waals surface area contributed by atoms with E-state index in [2.05, 4.69) is 47.4 Å². The number of aromatic nitrogens is 1. The zero-order valence-electron chi connectivity index (χ0n) is 12.6. The topological polar surface area (TPSA) is 26.2 Å². The van der Waals surface area contributed by atoms with Crippen molar-refractivity contribution in [2.24, 2.45) is 0 Å². The molecule has 20 heavy (non-hydrogen) atoms. The van der Waals surface area contributed by atoms with E-state index in [1.54, 1.807) is 7.11 Å². The molecule has 3 nitrogen and oxygen atoms in total. The maximum atomic E-state index is 5.17. The first kappa shape index (κ1) is 14.7. The van der Waals surface area contributed by atoms with Crippen molar-refractivity contribution >= 4 is 0 Å². The van der Waals surface area contributed by atoms with Crippen LogP contribution in [-0.2, 0) is 13.0 Å². The predicted octanol–water partition coefficient (Wildman–Crippen LogP) is 3.41. The van der Waals surface area contributed by atoms with Crippen molar-refractivity contribution in [3.8, 4) is 5.75 Å². The summed E-state index contributed by atoms with van der Waals surface area (Å²) >= 11 is 0. The van der Waals surface area contributed by atoms with Crippen molar-refractivity contribution in [1.29, 1.82) is 0 Å². The predicted molar refractivity (Wildman–Crippen MR) is 83.2 cm³/mol. The van der Waals surface area contributed by atoms with Crippen LogP contribution in [0.25, 0.3) is 0 Å². The van der Waals surface area contributed by atoms with E-state index in [0.29, 0.717) is 6.04 Å². The normalized spacial score (nSPS) is 12.3. The molecule has 1 heterocycles. The first-order valence-electron chi connectivity index (χ1n) is 7.22. The summed E-state index contributed by atoms with van der Waals surface area (Å²) in [4.78, 5) is 0. The molecule has 1 atom stereocenters. The smallest absolute Gasteiger partial charge is 0.118 e. The SMILES string of the molecule is CCC(NC)c1ccn(CCc2ccc(OC)cc2)c1. The first-order valence-corrected chi connectivity index (χ1v) is 7.22. The molecule has 1 aromatic heterocycles. The molecule has 0 amide bonds. The van der Waals surface area contributed by atoms with E-state index >= 15 is 0 Å². The minimum atomic E-state index is 0.456. The quantitative estimate of drug-likeness (QED) is 0.836. The summed E-state index contributed by atoms with van der Waals surface area (Å²) in [5.41, 5.74) is 2.70. The summed E-state index contributed by atoms with van der Waals surface area (Å²) in [7, 11) is 3.71. The summed E-state index contributed by atoms with van der Waals surface area (Å²) in [6.45, 7) is 3.21. The number of methoxy groups -OCH3 is 1. The van der Waals surface area contributed by atoms with Gasteiger partial charge in [0.1, 0.15) is 5.75 Å². The largest absolute Gasteiger partial charge is 0.497 e. The lowest BCUT2D eigenvalue weighted by atomic mass is 10.1. The van der Waals surface area contributed by atoms with Gasteiger partial charge in [-0.25, -0.2) is 0 Å². The van der Waals surface area contributed by atoms with Gasteiger partial charge in [0.25, 0.3) is 0 Å². The van der Waals surface area contributed by atoms with Crippen molar-refractivity contribution in [2.45, 2.75) is 32.4 Å². The van der Waals surface area contributed by atoms with Gasteiger partial charge in [-0.05, 0) is 49.2 Å². The van der Waals surface area contributed by atoms with Gasteiger partial charge >= 0.3 is 0 Å². The third kappa shape index (κ3) is 3.64. The van der Waals surface area contributed by atoms with Crippen molar-refractivity contribution in [3.63, 3.8) is 0 Å². The second-order valence-electron chi connectivity index (χ2n) is 5.03. The molecule has 1 unspecified atom stereocenters. The Bertz CT molecular complexity index is 512. The highest BCUT2D eigenvalue weighted by molar-refractivity contribution is 5.27. The fraction of sp³-hybridized carbons (Fsp3) is 0.412. The van der Waals surface area contributed by atoms with Crippen LogP contribution in [0.15, 0.2) is 42.7 Å². The number of nitrogens with zero attached hydrogens (tertiary/aromatic N) is 1. The number of hydrogen-bond donors (Lipinski definition) is 1. The molecule has 0 radical (unpaired) electrons. The summed E-state index contributed by atoms with van der Waals surface area (Å²) in [6.07, 6.45) is 6.56. The molecule has 0 aliphatic carbocycles. The highest BCUT2D eigenvalue weighted by Gasteiger charge is 2.07. The van der Waals surface area contributed by atoms with Crippen LogP contribution in [0.1, 0.15) is 30.5 Å². The number of hydrogen-bond acceptors (Lipinski definition) is 2. The molecule has 0 aliphatic rings. The van der Waals surface area contributed by atoms with E-state index in [4.69, 9.17) is 4.74 Å². The van der Waals surface area contributed by atoms with Crippen LogP contribution in [0, 0.1) is 0 Å². The molecule has 0 spiro atoms. The van der Waals surface area contributed by atoms with E-state index in [9.17, 15) is 0 Å². The molecular weight excluding hydrogens is 248 g/mol. The highest BCUT2D eigenvalue weighted by Crippen LogP contribution is 2.17. The molecule has 0 fully saturated rings. The molecule has 0 aliphatic heterocycles. The zero-order chi connectivity index (χ0) is 14.4. The minimum absolute atomic E-state index is 0.456. The Morgan fingerprint density at radius 3 is 2.55 bits per heavy atom. The summed E-state index contributed by atoms with van der Waals surface area (Å²) in [5, 5.41) is 3.34. The van der Waals surface area contributed by atoms with E-state index in [0.717, 1.165) is 25.1 Å². The van der Waals surface area contributed by atoms with Crippen LogP contribution in [0.5, 0.6) is 5.75 Å². The molecule has 3 heteroatoms. The second kappa shape index (κ2) is 7.15. The summed E-state index contributed by atoms with van der Waals surface area (Å²) in [5.74, 6) is 0.914. The molecular formula is C17H24N2O. The van der Waals surface area contributed by atoms with Crippen molar-refractivity contribution < 1.29 is 4.74 Å². The highest BCUT2D eigenvalue weighted by atomic mass is 16.5. The number of rotatable bonds is 7. The van der Waals surface area contributed by atoms with Crippen molar-refractivity contribution in [3.05, 3.63) is 53.9 Å². The van der Waals surface area contributed by atoms with Crippen LogP contribution in [0.4, 0.5) is 0 Å². The standard InChI is InChI=1S/C17H24N2O/c1-4-17(18-2)15-10-12-19(13-15)11-9-14-5-7-16(20-3)8-6-14/h5-8,10,12-13,17-18H,4,9,11H2,1-3H3. The third-order valence-corrected chi connectivity index (χ3v) is 3.75. The third-order valence-electron chi connectivity index (χ3n) is 3.75. The van der Waals surface area contributed by atoms with Gasteiger partial charge in [0.05, 0.1) is 7.11 Å². The Hall–Kier alpha value is -1.74. The summed E-state index contributed by atoms with van der Waals surface area (Å²) in [6, 6.07) is 11.0. The fourth-order valence-electron chi connectivity index (χ4n) is 2.46. The maximum Gasteiger partial charge on any atom is 0.118 e. The van der Waals surface area contributed by atoms with Gasteiger partial charge in [0.15, 0.2) is 0 Å². The number of benzene rings is 1. The van der Waals surface area contributed by atoms with Crippen LogP contribution >= 0.6 is 0 Å². The van der Waals surface area contributed by atoms with Gasteiger partial charge in [-0.1, -0.05) is 19.1 Å². The van der Waals surface area contributed by atoms with Gasteiger partial charge in [0, 0.05) is 25.0 Å². The molecule has 0 saturated carbocycles. The van der Waals surface area contributed by atoms with Crippen molar-refractivity contribution in [2.75, 3.05) is 14.2 Å². The number of nitrogens with one attached hydrogen (secondary N) is 1. The lowest BCUT2D eigenvalue weighted by Gasteiger charge is -2.11. The molecule has 2 rings (SSSR count). The minimum Gasteiger partial charge on any atom is -0.497 e. The molecule has 1 N–H and O–H groups in total. The maximum absolute atomic E-state index is 5.17.